The van der Waals surface area contributed by atoms with Crippen molar-refractivity contribution in [1.82, 2.24) is 14.3 Å². The fourth-order valence-electron chi connectivity index (χ4n) is 4.72. The van der Waals surface area contributed by atoms with Gasteiger partial charge in [-0.15, -0.1) is 0 Å². The minimum Gasteiger partial charge on any atom is -0.507 e. The van der Waals surface area contributed by atoms with E-state index >= 15 is 0 Å². The van der Waals surface area contributed by atoms with Crippen molar-refractivity contribution < 1.29 is 23.1 Å². The van der Waals surface area contributed by atoms with Gasteiger partial charge in [-0.25, -0.2) is 18.1 Å². The normalized spacial score (nSPS) is 14.1. The maximum Gasteiger partial charge on any atom is 0.240 e. The Morgan fingerprint density at radius 3 is 2.51 bits per heavy atom. The number of nitrogens with zero attached hydrogens (tertiary/aromatic N) is 2. The largest absolute Gasteiger partial charge is 0.507 e. The van der Waals surface area contributed by atoms with Crippen LogP contribution in [0.4, 0.5) is 0 Å². The lowest BCUT2D eigenvalue weighted by atomic mass is 10.0. The first-order chi connectivity index (χ1) is 18.8. The number of allylic oxidation sites excluding steroid dienone is 1. The number of aromatic hydroxyl groups is 1. The number of sulfonamides is 1. The van der Waals surface area contributed by atoms with Crippen LogP contribution in [0.1, 0.15) is 21.5 Å². The molecule has 8 nitrogen and oxygen atoms in total. The van der Waals surface area contributed by atoms with E-state index in [2.05, 4.69) is 9.71 Å². The first-order valence-electron chi connectivity index (χ1n) is 12.2. The molecule has 0 spiro atoms. The van der Waals surface area contributed by atoms with Crippen LogP contribution in [-0.2, 0) is 23.6 Å². The third-order valence-corrected chi connectivity index (χ3v) is 8.05. The molecule has 2 N–H and O–H groups in total. The zero-order valence-electron chi connectivity index (χ0n) is 20.8. The second kappa shape index (κ2) is 9.54. The number of Topliss-reactive ketones (excluding diaryl/α,β-unsaturated/α-hetero) is 1. The van der Waals surface area contributed by atoms with E-state index in [4.69, 9.17) is 4.74 Å². The lowest BCUT2D eigenvalue weighted by Crippen LogP contribution is -2.23. The van der Waals surface area contributed by atoms with E-state index in [0.717, 1.165) is 22.1 Å². The first kappa shape index (κ1) is 24.6. The molecule has 0 radical (unpaired) electrons. The fourth-order valence-corrected chi connectivity index (χ4v) is 5.73. The Bertz CT molecular complexity index is 1880. The summed E-state index contributed by atoms with van der Waals surface area (Å²) < 4.78 is 36.0. The summed E-state index contributed by atoms with van der Waals surface area (Å²) in [6, 6.07) is 22.5. The second-order valence-electron chi connectivity index (χ2n) is 9.18. The molecule has 0 fully saturated rings. The lowest BCUT2D eigenvalue weighted by Gasteiger charge is -2.09. The van der Waals surface area contributed by atoms with Crippen LogP contribution in [0, 0.1) is 0 Å². The highest BCUT2D eigenvalue weighted by Crippen LogP contribution is 2.39. The van der Waals surface area contributed by atoms with E-state index in [1.165, 1.54) is 6.07 Å². The Kier molecular flexibility index (Phi) is 6.02. The molecule has 0 bridgehead atoms. The van der Waals surface area contributed by atoms with Gasteiger partial charge in [-0.05, 0) is 53.1 Å². The minimum atomic E-state index is -3.71. The molecule has 0 saturated heterocycles. The highest BCUT2D eigenvalue weighted by molar-refractivity contribution is 7.89. The van der Waals surface area contributed by atoms with Crippen LogP contribution < -0.4 is 9.46 Å². The summed E-state index contributed by atoms with van der Waals surface area (Å²) in [5.41, 5.74) is 4.00. The Balaban J connectivity index is 1.34. The molecule has 0 unspecified atom stereocenters. The summed E-state index contributed by atoms with van der Waals surface area (Å²) in [6.07, 6.45) is 5.17. The van der Waals surface area contributed by atoms with Crippen molar-refractivity contribution >= 4 is 32.9 Å². The van der Waals surface area contributed by atoms with E-state index in [1.54, 1.807) is 48.7 Å². The number of ketones is 1. The second-order valence-corrected chi connectivity index (χ2v) is 10.9. The molecular formula is C30H23N3O5S. The summed E-state index contributed by atoms with van der Waals surface area (Å²) >= 11 is 0. The predicted molar refractivity (Wildman–Crippen MR) is 148 cm³/mol. The van der Waals surface area contributed by atoms with Gasteiger partial charge in [-0.2, -0.15) is 0 Å². The van der Waals surface area contributed by atoms with Crippen LogP contribution in [0.5, 0.6) is 11.5 Å². The number of benzene rings is 3. The van der Waals surface area contributed by atoms with Crippen LogP contribution in [0.3, 0.4) is 0 Å². The summed E-state index contributed by atoms with van der Waals surface area (Å²) in [4.78, 5) is 17.6. The number of carbonyl (C=O) groups is 1. The maximum atomic E-state index is 13.0. The van der Waals surface area contributed by atoms with Gasteiger partial charge < -0.3 is 14.4 Å². The molecule has 39 heavy (non-hydrogen) atoms. The van der Waals surface area contributed by atoms with E-state index in [9.17, 15) is 18.3 Å². The van der Waals surface area contributed by atoms with Crippen molar-refractivity contribution in [3.63, 3.8) is 0 Å². The fraction of sp³-hybridized carbons (Fsp3) is 0.0667. The monoisotopic (exact) mass is 537 g/mol. The van der Waals surface area contributed by atoms with Crippen LogP contribution in [0.25, 0.3) is 28.2 Å². The highest BCUT2D eigenvalue weighted by atomic mass is 32.2. The molecule has 3 aromatic carbocycles. The number of phenols is 1. The molecule has 6 rings (SSSR count). The Morgan fingerprint density at radius 1 is 1.00 bits per heavy atom. The van der Waals surface area contributed by atoms with Gasteiger partial charge in [0.2, 0.25) is 15.8 Å². The highest BCUT2D eigenvalue weighted by Gasteiger charge is 2.30. The van der Waals surface area contributed by atoms with Crippen molar-refractivity contribution in [3.05, 3.63) is 114 Å². The third-order valence-electron chi connectivity index (χ3n) is 6.63. The van der Waals surface area contributed by atoms with Gasteiger partial charge >= 0.3 is 0 Å². The molecule has 1 aliphatic rings. The number of hydrogen-bond donors (Lipinski definition) is 2. The number of phenolic OH excluding ortho intramolecular Hbond substituents is 1. The van der Waals surface area contributed by atoms with Gasteiger partial charge in [0.15, 0.2) is 5.76 Å². The zero-order valence-corrected chi connectivity index (χ0v) is 21.6. The van der Waals surface area contributed by atoms with Gasteiger partial charge in [-0.1, -0.05) is 48.5 Å². The summed E-state index contributed by atoms with van der Waals surface area (Å²) in [6.45, 7) is 0.195. The molecule has 0 atom stereocenters. The van der Waals surface area contributed by atoms with Crippen LogP contribution in [0.2, 0.25) is 0 Å². The van der Waals surface area contributed by atoms with E-state index in [-0.39, 0.29) is 28.5 Å². The maximum absolute atomic E-state index is 13.0. The molecule has 0 amide bonds. The first-order valence-corrected chi connectivity index (χ1v) is 13.6. The van der Waals surface area contributed by atoms with Crippen molar-refractivity contribution in [3.8, 4) is 22.6 Å². The lowest BCUT2D eigenvalue weighted by molar-refractivity contribution is 0.101. The van der Waals surface area contributed by atoms with Crippen molar-refractivity contribution in [2.24, 2.45) is 7.05 Å². The number of fused-ring (bicyclic) bond motifs is 2. The molecule has 0 aliphatic carbocycles. The molecule has 3 heterocycles. The molecule has 194 valence electrons. The number of nitrogens with one attached hydrogen (secondary N) is 1. The number of hydrogen-bond acceptors (Lipinski definition) is 6. The molecule has 0 saturated carbocycles. The molecule has 9 heteroatoms. The third kappa shape index (κ3) is 4.47. The molecule has 5 aromatic rings. The van der Waals surface area contributed by atoms with Crippen LogP contribution >= 0.6 is 0 Å². The average molecular weight is 538 g/mol. The van der Waals surface area contributed by atoms with Crippen LogP contribution in [-0.4, -0.2) is 28.9 Å². The minimum absolute atomic E-state index is 0.0970. The number of aromatic nitrogens is 2. The Morgan fingerprint density at radius 2 is 1.77 bits per heavy atom. The van der Waals surface area contributed by atoms with Gasteiger partial charge in [0, 0.05) is 36.9 Å². The Hall–Kier alpha value is -4.73. The number of carbonyl (C=O) groups excluding carboxylic acids is 1. The van der Waals surface area contributed by atoms with Gasteiger partial charge in [-0.3, -0.25) is 4.79 Å². The summed E-state index contributed by atoms with van der Waals surface area (Å²) in [5, 5.41) is 10.9. The standard InChI is InChI=1S/C30H23N3O5S/c1-33-18-21(16-26-29(35)28-24(34)8-5-9-25(28)38-26)27-23(14-15-31-30(27)33)20-10-12-22(13-11-20)39(36,37)32-17-19-6-3-2-4-7-19/h2-16,18,32,34H,17H2,1H3. The smallest absolute Gasteiger partial charge is 0.240 e. The summed E-state index contributed by atoms with van der Waals surface area (Å²) in [7, 11) is -1.85. The molecule has 2 aromatic heterocycles. The van der Waals surface area contributed by atoms with Gasteiger partial charge in [0.1, 0.15) is 22.7 Å². The number of rotatable bonds is 6. The number of pyridine rings is 1. The topological polar surface area (TPSA) is 111 Å². The van der Waals surface area contributed by atoms with Crippen molar-refractivity contribution in [2.75, 3.05) is 0 Å². The van der Waals surface area contributed by atoms with Gasteiger partial charge in [0.05, 0.1) is 4.90 Å². The quantitative estimate of drug-likeness (QED) is 0.294. The number of aryl methyl sites for hydroxylation is 1. The SMILES string of the molecule is Cn1cc(C=C2Oc3cccc(O)c3C2=O)c2c(-c3ccc(S(=O)(=O)NCc4ccccc4)cc3)ccnc21. The summed E-state index contributed by atoms with van der Waals surface area (Å²) in [5.74, 6) is -0.125. The van der Waals surface area contributed by atoms with Crippen molar-refractivity contribution in [2.45, 2.75) is 11.4 Å². The van der Waals surface area contributed by atoms with Gasteiger partial charge in [0.25, 0.3) is 0 Å². The van der Waals surface area contributed by atoms with E-state index in [0.29, 0.717) is 17.0 Å². The molecular weight excluding hydrogens is 514 g/mol. The number of ether oxygens (including phenoxy) is 1. The Labute approximate surface area is 224 Å². The van der Waals surface area contributed by atoms with E-state index in [1.807, 2.05) is 54.2 Å². The van der Waals surface area contributed by atoms with Crippen molar-refractivity contribution in [1.29, 1.82) is 0 Å². The van der Waals surface area contributed by atoms with Crippen LogP contribution in [0.15, 0.2) is 102 Å². The average Bonchev–Trinajstić information content (AvgIpc) is 3.44. The van der Waals surface area contributed by atoms with E-state index < -0.39 is 15.8 Å². The predicted octanol–water partition coefficient (Wildman–Crippen LogP) is 5.04. The molecule has 1 aliphatic heterocycles. The zero-order chi connectivity index (χ0) is 27.1.